The van der Waals surface area contributed by atoms with Crippen molar-refractivity contribution in [3.8, 4) is 0 Å². The molecule has 1 aliphatic heterocycles. The van der Waals surface area contributed by atoms with Crippen LogP contribution < -0.4 is 10.6 Å². The molecular formula is C15H26ClN3O4S2. The van der Waals surface area contributed by atoms with Crippen molar-refractivity contribution >= 4 is 39.7 Å². The van der Waals surface area contributed by atoms with Crippen molar-refractivity contribution in [2.24, 2.45) is 0 Å². The van der Waals surface area contributed by atoms with E-state index in [1.807, 2.05) is 6.92 Å². The fourth-order valence-electron chi connectivity index (χ4n) is 2.65. The smallest absolute Gasteiger partial charge is 0.253 e. The van der Waals surface area contributed by atoms with Gasteiger partial charge in [0.1, 0.15) is 10.3 Å². The molecule has 1 aromatic rings. The molecule has 25 heavy (non-hydrogen) atoms. The first-order chi connectivity index (χ1) is 11.5. The predicted octanol–water partition coefficient (Wildman–Crippen LogP) is 0.984. The Morgan fingerprint density at radius 3 is 2.76 bits per heavy atom. The largest absolute Gasteiger partial charge is 0.383 e. The van der Waals surface area contributed by atoms with E-state index < -0.39 is 16.1 Å². The Morgan fingerprint density at radius 1 is 1.36 bits per heavy atom. The van der Waals surface area contributed by atoms with Crippen LogP contribution in [-0.2, 0) is 19.6 Å². The van der Waals surface area contributed by atoms with Crippen molar-refractivity contribution in [3.63, 3.8) is 0 Å². The molecule has 2 rings (SSSR count). The number of methoxy groups -OCH3 is 1. The highest BCUT2D eigenvalue weighted by Crippen LogP contribution is 2.30. The second-order valence-corrected chi connectivity index (χ2v) is 9.08. The second-order valence-electron chi connectivity index (χ2n) is 5.67. The Labute approximate surface area is 159 Å². The summed E-state index contributed by atoms with van der Waals surface area (Å²) < 4.78 is 32.1. The lowest BCUT2D eigenvalue weighted by atomic mass is 10.2. The highest BCUT2D eigenvalue weighted by Gasteiger charge is 2.39. The maximum Gasteiger partial charge on any atom is 0.253 e. The molecule has 1 aliphatic rings. The van der Waals surface area contributed by atoms with Gasteiger partial charge in [-0.05, 0) is 31.9 Å². The number of hydrogen-bond donors (Lipinski definition) is 2. The van der Waals surface area contributed by atoms with Gasteiger partial charge in [-0.2, -0.15) is 4.31 Å². The molecule has 1 unspecified atom stereocenters. The number of nitrogens with zero attached hydrogens (tertiary/aromatic N) is 1. The van der Waals surface area contributed by atoms with E-state index in [0.29, 0.717) is 49.8 Å². The highest BCUT2D eigenvalue weighted by atomic mass is 35.5. The molecule has 0 bridgehead atoms. The molecule has 0 spiro atoms. The Morgan fingerprint density at radius 2 is 2.12 bits per heavy atom. The van der Waals surface area contributed by atoms with Crippen molar-refractivity contribution in [3.05, 3.63) is 17.0 Å². The molecule has 2 N–H and O–H groups in total. The minimum atomic E-state index is -3.60. The van der Waals surface area contributed by atoms with Crippen molar-refractivity contribution in [1.82, 2.24) is 14.9 Å². The van der Waals surface area contributed by atoms with E-state index in [0.717, 1.165) is 4.88 Å². The molecular weight excluding hydrogens is 386 g/mol. The van der Waals surface area contributed by atoms with E-state index in [1.54, 1.807) is 19.2 Å². The van der Waals surface area contributed by atoms with Crippen LogP contribution in [0.5, 0.6) is 0 Å². The van der Waals surface area contributed by atoms with Gasteiger partial charge in [0.2, 0.25) is 5.91 Å². The van der Waals surface area contributed by atoms with Crippen molar-refractivity contribution in [1.29, 1.82) is 0 Å². The van der Waals surface area contributed by atoms with Crippen molar-refractivity contribution in [2.75, 3.05) is 39.9 Å². The third-order valence-corrected chi connectivity index (χ3v) is 7.25. The number of halogens is 1. The molecule has 7 nitrogen and oxygen atoms in total. The molecule has 0 saturated carbocycles. The van der Waals surface area contributed by atoms with Crippen LogP contribution in [0.4, 0.5) is 0 Å². The maximum absolute atomic E-state index is 12.7. The molecule has 0 radical (unpaired) electrons. The van der Waals surface area contributed by atoms with E-state index in [1.165, 1.54) is 15.6 Å². The van der Waals surface area contributed by atoms with E-state index in [2.05, 4.69) is 10.6 Å². The number of ether oxygens (including phenoxy) is 1. The standard InChI is InChI=1S/C15H25N3O4S2.ClH/c1-12-5-6-14(23-12)24(20,21)18-10-3-4-13(18)15(19)17-8-7-16-9-11-22-2;/h5-6,13,16H,3-4,7-11H2,1-2H3,(H,17,19);1H. The van der Waals surface area contributed by atoms with Crippen LogP contribution in [0.1, 0.15) is 17.7 Å². The zero-order valence-electron chi connectivity index (χ0n) is 14.5. The minimum Gasteiger partial charge on any atom is -0.383 e. The monoisotopic (exact) mass is 411 g/mol. The summed E-state index contributed by atoms with van der Waals surface area (Å²) >= 11 is 1.24. The number of nitrogens with one attached hydrogen (secondary N) is 2. The summed E-state index contributed by atoms with van der Waals surface area (Å²) in [6.07, 6.45) is 1.26. The Hall–Kier alpha value is -0.710. The lowest BCUT2D eigenvalue weighted by Crippen LogP contribution is -2.47. The summed E-state index contributed by atoms with van der Waals surface area (Å²) in [4.78, 5) is 13.3. The summed E-state index contributed by atoms with van der Waals surface area (Å²) in [7, 11) is -1.96. The highest BCUT2D eigenvalue weighted by molar-refractivity contribution is 7.91. The Bertz CT molecular complexity index is 651. The molecule has 10 heteroatoms. The van der Waals surface area contributed by atoms with Gasteiger partial charge in [-0.25, -0.2) is 8.42 Å². The zero-order valence-corrected chi connectivity index (χ0v) is 16.9. The Balaban J connectivity index is 0.00000312. The van der Waals surface area contributed by atoms with Crippen LogP contribution in [-0.4, -0.2) is 64.6 Å². The first-order valence-electron chi connectivity index (χ1n) is 8.02. The Kier molecular flexibility index (Phi) is 9.33. The number of rotatable bonds is 9. The van der Waals surface area contributed by atoms with E-state index in [9.17, 15) is 13.2 Å². The van der Waals surface area contributed by atoms with Crippen LogP contribution in [0.25, 0.3) is 0 Å². The maximum atomic E-state index is 12.7. The molecule has 1 aromatic heterocycles. The van der Waals surface area contributed by atoms with Gasteiger partial charge < -0.3 is 15.4 Å². The average molecular weight is 412 g/mol. The molecule has 1 amide bonds. The summed E-state index contributed by atoms with van der Waals surface area (Å²) in [5, 5.41) is 5.95. The zero-order chi connectivity index (χ0) is 17.6. The molecule has 1 saturated heterocycles. The number of sulfonamides is 1. The third-order valence-electron chi connectivity index (χ3n) is 3.87. The summed E-state index contributed by atoms with van der Waals surface area (Å²) in [5.74, 6) is -0.224. The van der Waals surface area contributed by atoms with Crippen LogP contribution >= 0.6 is 23.7 Å². The normalized spacial score (nSPS) is 18.1. The van der Waals surface area contributed by atoms with E-state index in [-0.39, 0.29) is 18.3 Å². The number of amides is 1. The van der Waals surface area contributed by atoms with Crippen molar-refractivity contribution in [2.45, 2.75) is 30.0 Å². The third kappa shape index (κ3) is 5.90. The lowest BCUT2D eigenvalue weighted by molar-refractivity contribution is -0.124. The van der Waals surface area contributed by atoms with Gasteiger partial charge in [0, 0.05) is 38.2 Å². The lowest BCUT2D eigenvalue weighted by Gasteiger charge is -2.22. The fraction of sp³-hybridized carbons (Fsp3) is 0.667. The first kappa shape index (κ1) is 22.3. The first-order valence-corrected chi connectivity index (χ1v) is 10.3. The SMILES string of the molecule is COCCNCCNC(=O)C1CCCN1S(=O)(=O)c1ccc(C)s1.Cl. The number of aryl methyl sites for hydroxylation is 1. The summed E-state index contributed by atoms with van der Waals surface area (Å²) in [6, 6.07) is 2.79. The van der Waals surface area contributed by atoms with E-state index >= 15 is 0 Å². The molecule has 1 atom stereocenters. The number of hydrogen-bond acceptors (Lipinski definition) is 6. The number of carbonyl (C=O) groups excluding carboxylic acids is 1. The molecule has 144 valence electrons. The minimum absolute atomic E-state index is 0. The predicted molar refractivity (Wildman–Crippen MR) is 101 cm³/mol. The van der Waals surface area contributed by atoms with Crippen molar-refractivity contribution < 1.29 is 17.9 Å². The van der Waals surface area contributed by atoms with Gasteiger partial charge in [-0.15, -0.1) is 23.7 Å². The average Bonchev–Trinajstić information content (AvgIpc) is 3.20. The van der Waals surface area contributed by atoms with Crippen LogP contribution in [0.2, 0.25) is 0 Å². The van der Waals surface area contributed by atoms with E-state index in [4.69, 9.17) is 4.74 Å². The summed E-state index contributed by atoms with van der Waals surface area (Å²) in [5.41, 5.74) is 0. The van der Waals surface area contributed by atoms with Crippen LogP contribution in [0.15, 0.2) is 16.3 Å². The van der Waals surface area contributed by atoms with Gasteiger partial charge in [0.15, 0.2) is 0 Å². The summed E-state index contributed by atoms with van der Waals surface area (Å²) in [6.45, 7) is 4.68. The second kappa shape index (κ2) is 10.4. The van der Waals surface area contributed by atoms with Crippen LogP contribution in [0, 0.1) is 6.92 Å². The molecule has 1 fully saturated rings. The van der Waals surface area contributed by atoms with Gasteiger partial charge in [0.25, 0.3) is 10.0 Å². The fourth-order valence-corrected chi connectivity index (χ4v) is 5.72. The quantitative estimate of drug-likeness (QED) is 0.591. The topological polar surface area (TPSA) is 87.7 Å². The van der Waals surface area contributed by atoms with Gasteiger partial charge >= 0.3 is 0 Å². The van der Waals surface area contributed by atoms with Gasteiger partial charge in [-0.3, -0.25) is 4.79 Å². The van der Waals surface area contributed by atoms with Gasteiger partial charge in [0.05, 0.1) is 6.61 Å². The number of carbonyl (C=O) groups is 1. The molecule has 2 heterocycles. The molecule has 0 aliphatic carbocycles. The van der Waals surface area contributed by atoms with Gasteiger partial charge in [-0.1, -0.05) is 0 Å². The molecule has 0 aromatic carbocycles. The van der Waals surface area contributed by atoms with Crippen LogP contribution in [0.3, 0.4) is 0 Å². The number of thiophene rings is 1.